The summed E-state index contributed by atoms with van der Waals surface area (Å²) >= 11 is 0. The number of anilines is 2. The van der Waals surface area contributed by atoms with Crippen molar-refractivity contribution in [3.8, 4) is 0 Å². The number of hydrogen-bond donors (Lipinski definition) is 3. The molecule has 4 heteroatoms. The van der Waals surface area contributed by atoms with Crippen LogP contribution in [0.4, 0.5) is 11.4 Å². The van der Waals surface area contributed by atoms with E-state index in [2.05, 4.69) is 16.7 Å². The van der Waals surface area contributed by atoms with Gasteiger partial charge in [-0.25, -0.2) is 0 Å². The Morgan fingerprint density at radius 1 is 1.20 bits per heavy atom. The summed E-state index contributed by atoms with van der Waals surface area (Å²) in [4.78, 5) is 11.4. The van der Waals surface area contributed by atoms with E-state index < -0.39 is 0 Å². The molecule has 1 unspecified atom stereocenters. The number of carbonyl (C=O) groups excluding carboxylic acids is 1. The van der Waals surface area contributed by atoms with E-state index in [1.165, 1.54) is 0 Å². The molecule has 0 spiro atoms. The van der Waals surface area contributed by atoms with Crippen molar-refractivity contribution in [2.45, 2.75) is 12.5 Å². The molecular weight excluding hydrogens is 250 g/mol. The quantitative estimate of drug-likeness (QED) is 0.746. The monoisotopic (exact) mass is 267 g/mol. The van der Waals surface area contributed by atoms with Gasteiger partial charge in [-0.1, -0.05) is 24.3 Å². The Bertz CT molecular complexity index is 667. The predicted molar refractivity (Wildman–Crippen MR) is 80.5 cm³/mol. The number of carbonyl (C=O) groups is 1. The maximum atomic E-state index is 11.4. The highest BCUT2D eigenvalue weighted by Crippen LogP contribution is 2.29. The van der Waals surface area contributed by atoms with Crippen molar-refractivity contribution >= 4 is 17.3 Å². The van der Waals surface area contributed by atoms with Crippen LogP contribution in [0.3, 0.4) is 0 Å². The zero-order valence-electron chi connectivity index (χ0n) is 11.3. The fraction of sp³-hybridized carbons (Fsp3) is 0.188. The molecule has 0 aliphatic carbocycles. The molecule has 0 saturated carbocycles. The number of nitrogen functional groups attached to an aromatic ring is 1. The van der Waals surface area contributed by atoms with E-state index in [-0.39, 0.29) is 11.9 Å². The van der Waals surface area contributed by atoms with Gasteiger partial charge in [-0.2, -0.15) is 0 Å². The summed E-state index contributed by atoms with van der Waals surface area (Å²) in [6.45, 7) is 0. The summed E-state index contributed by atoms with van der Waals surface area (Å²) in [7, 11) is 1.92. The zero-order chi connectivity index (χ0) is 14.1. The van der Waals surface area contributed by atoms with Crippen LogP contribution in [-0.2, 0) is 11.2 Å². The third-order valence-electron chi connectivity index (χ3n) is 3.62. The Labute approximate surface area is 118 Å². The number of amides is 1. The van der Waals surface area contributed by atoms with Gasteiger partial charge < -0.3 is 16.4 Å². The molecule has 0 saturated heterocycles. The zero-order valence-corrected chi connectivity index (χ0v) is 11.3. The summed E-state index contributed by atoms with van der Waals surface area (Å²) in [5.41, 5.74) is 10.8. The molecule has 0 bridgehead atoms. The minimum atomic E-state index is 0.0575. The largest absolute Gasteiger partial charge is 0.399 e. The lowest BCUT2D eigenvalue weighted by atomic mass is 9.96. The van der Waals surface area contributed by atoms with E-state index in [4.69, 9.17) is 5.73 Å². The highest BCUT2D eigenvalue weighted by molar-refractivity contribution is 5.99. The third-order valence-corrected chi connectivity index (χ3v) is 3.62. The van der Waals surface area contributed by atoms with Gasteiger partial charge in [0.2, 0.25) is 5.91 Å². The van der Waals surface area contributed by atoms with E-state index in [0.717, 1.165) is 28.1 Å². The molecule has 3 rings (SSSR count). The van der Waals surface area contributed by atoms with Crippen LogP contribution >= 0.6 is 0 Å². The van der Waals surface area contributed by atoms with Crippen LogP contribution in [0.2, 0.25) is 0 Å². The lowest BCUT2D eigenvalue weighted by molar-refractivity contribution is -0.115. The smallest absolute Gasteiger partial charge is 0.228 e. The summed E-state index contributed by atoms with van der Waals surface area (Å²) in [6, 6.07) is 14.0. The number of benzene rings is 2. The molecule has 20 heavy (non-hydrogen) atoms. The number of nitrogens with two attached hydrogens (primary N) is 1. The first-order valence-corrected chi connectivity index (χ1v) is 6.63. The number of hydrogen-bond acceptors (Lipinski definition) is 3. The van der Waals surface area contributed by atoms with E-state index >= 15 is 0 Å². The van der Waals surface area contributed by atoms with Gasteiger partial charge in [0.15, 0.2) is 0 Å². The fourth-order valence-corrected chi connectivity index (χ4v) is 2.69. The molecule has 102 valence electrons. The summed E-state index contributed by atoms with van der Waals surface area (Å²) in [5, 5.41) is 6.15. The molecule has 1 aliphatic heterocycles. The third kappa shape index (κ3) is 2.26. The molecule has 1 aliphatic rings. The maximum absolute atomic E-state index is 11.4. The Kier molecular flexibility index (Phi) is 3.16. The Hall–Kier alpha value is -2.33. The Balaban J connectivity index is 1.98. The van der Waals surface area contributed by atoms with Gasteiger partial charge in [0.25, 0.3) is 0 Å². The molecule has 1 heterocycles. The van der Waals surface area contributed by atoms with Crippen molar-refractivity contribution in [3.05, 3.63) is 59.2 Å². The van der Waals surface area contributed by atoms with Gasteiger partial charge in [-0.15, -0.1) is 0 Å². The second kappa shape index (κ2) is 4.98. The summed E-state index contributed by atoms with van der Waals surface area (Å²) in [5.74, 6) is 0.0575. The average Bonchev–Trinajstić information content (AvgIpc) is 2.79. The van der Waals surface area contributed by atoms with E-state index in [0.29, 0.717) is 6.42 Å². The van der Waals surface area contributed by atoms with Crippen LogP contribution in [-0.4, -0.2) is 13.0 Å². The summed E-state index contributed by atoms with van der Waals surface area (Å²) in [6.07, 6.45) is 0.455. The average molecular weight is 267 g/mol. The van der Waals surface area contributed by atoms with Crippen LogP contribution in [0, 0.1) is 0 Å². The first-order chi connectivity index (χ1) is 9.67. The maximum Gasteiger partial charge on any atom is 0.228 e. The Morgan fingerprint density at radius 3 is 2.75 bits per heavy atom. The fourth-order valence-electron chi connectivity index (χ4n) is 2.69. The number of fused-ring (bicyclic) bond motifs is 1. The SMILES string of the molecule is CNC(c1cccc(N)c1)c1ccc2c(c1)CC(=O)N2. The van der Waals surface area contributed by atoms with Crippen LogP contribution in [0.15, 0.2) is 42.5 Å². The molecule has 4 nitrogen and oxygen atoms in total. The number of rotatable bonds is 3. The molecule has 1 atom stereocenters. The summed E-state index contributed by atoms with van der Waals surface area (Å²) < 4.78 is 0. The minimum Gasteiger partial charge on any atom is -0.399 e. The van der Waals surface area contributed by atoms with Gasteiger partial charge in [0.1, 0.15) is 0 Å². The molecule has 1 amide bonds. The highest BCUT2D eigenvalue weighted by Gasteiger charge is 2.20. The van der Waals surface area contributed by atoms with Crippen LogP contribution < -0.4 is 16.4 Å². The van der Waals surface area contributed by atoms with Crippen molar-refractivity contribution in [1.29, 1.82) is 0 Å². The van der Waals surface area contributed by atoms with Crippen molar-refractivity contribution in [2.75, 3.05) is 18.1 Å². The molecule has 2 aromatic carbocycles. The second-order valence-electron chi connectivity index (χ2n) is 5.03. The van der Waals surface area contributed by atoms with Crippen molar-refractivity contribution in [1.82, 2.24) is 5.32 Å². The van der Waals surface area contributed by atoms with E-state index in [9.17, 15) is 4.79 Å². The van der Waals surface area contributed by atoms with Crippen LogP contribution in [0.5, 0.6) is 0 Å². The molecular formula is C16H17N3O. The molecule has 4 N–H and O–H groups in total. The number of nitrogens with one attached hydrogen (secondary N) is 2. The van der Waals surface area contributed by atoms with Gasteiger partial charge in [0.05, 0.1) is 12.5 Å². The molecule has 0 fully saturated rings. The first-order valence-electron chi connectivity index (χ1n) is 6.63. The van der Waals surface area contributed by atoms with Crippen molar-refractivity contribution in [2.24, 2.45) is 0 Å². The lowest BCUT2D eigenvalue weighted by Crippen LogP contribution is -2.17. The van der Waals surface area contributed by atoms with Crippen LogP contribution in [0.25, 0.3) is 0 Å². The van der Waals surface area contributed by atoms with Gasteiger partial charge >= 0.3 is 0 Å². The van der Waals surface area contributed by atoms with E-state index in [1.54, 1.807) is 0 Å². The Morgan fingerprint density at radius 2 is 2.00 bits per heavy atom. The van der Waals surface area contributed by atoms with E-state index in [1.807, 2.05) is 43.4 Å². The standard InChI is InChI=1S/C16H17N3O/c1-18-16(10-3-2-4-13(17)8-10)11-5-6-14-12(7-11)9-15(20)19-14/h2-8,16,18H,9,17H2,1H3,(H,19,20). The lowest BCUT2D eigenvalue weighted by Gasteiger charge is -2.18. The predicted octanol–water partition coefficient (Wildman–Crippen LogP) is 2.07. The minimum absolute atomic E-state index is 0.0575. The molecule has 0 aromatic heterocycles. The van der Waals surface area contributed by atoms with Crippen molar-refractivity contribution in [3.63, 3.8) is 0 Å². The molecule has 0 radical (unpaired) electrons. The second-order valence-corrected chi connectivity index (χ2v) is 5.03. The highest BCUT2D eigenvalue weighted by atomic mass is 16.1. The first kappa shape index (κ1) is 12.7. The van der Waals surface area contributed by atoms with Gasteiger partial charge in [-0.05, 0) is 41.9 Å². The van der Waals surface area contributed by atoms with Crippen LogP contribution in [0.1, 0.15) is 22.7 Å². The normalized spacial score (nSPS) is 14.8. The molecule has 2 aromatic rings. The van der Waals surface area contributed by atoms with Gasteiger partial charge in [0, 0.05) is 11.4 Å². The topological polar surface area (TPSA) is 67.1 Å². The van der Waals surface area contributed by atoms with Gasteiger partial charge in [-0.3, -0.25) is 4.79 Å². The van der Waals surface area contributed by atoms with Crippen molar-refractivity contribution < 1.29 is 4.79 Å².